The van der Waals surface area contributed by atoms with Crippen molar-refractivity contribution in [3.63, 3.8) is 0 Å². The molecular formula is C23H18N2O3S. The zero-order valence-corrected chi connectivity index (χ0v) is 16.2. The van der Waals surface area contributed by atoms with E-state index in [9.17, 15) is 9.59 Å². The van der Waals surface area contributed by atoms with Crippen molar-refractivity contribution in [1.29, 1.82) is 0 Å². The van der Waals surface area contributed by atoms with Crippen LogP contribution in [0.25, 0.3) is 10.1 Å². The maximum atomic E-state index is 12.5. The maximum Gasteiger partial charge on any atom is 0.253 e. The van der Waals surface area contributed by atoms with E-state index in [0.717, 1.165) is 10.1 Å². The summed E-state index contributed by atoms with van der Waals surface area (Å²) >= 11 is 1.50. The van der Waals surface area contributed by atoms with Crippen LogP contribution in [-0.4, -0.2) is 18.4 Å². The number of hydrogen-bond donors (Lipinski definition) is 2. The lowest BCUT2D eigenvalue weighted by Crippen LogP contribution is -2.32. The molecule has 0 aliphatic rings. The van der Waals surface area contributed by atoms with Crippen LogP contribution in [0.15, 0.2) is 84.2 Å². The first-order chi connectivity index (χ1) is 14.2. The van der Waals surface area contributed by atoms with Crippen molar-refractivity contribution in [1.82, 2.24) is 5.32 Å². The standard InChI is InChI=1S/C23H18N2O3S/c26-22(14-24-23(27)18-15-29-21-13-7-4-10-17(18)21)25-19-11-5-6-12-20(19)28-16-8-2-1-3-9-16/h1-13,15H,14H2,(H,24,27)(H,25,26). The molecule has 0 unspecified atom stereocenters. The van der Waals surface area contributed by atoms with Gasteiger partial charge in [-0.3, -0.25) is 9.59 Å². The number of nitrogens with one attached hydrogen (secondary N) is 2. The third kappa shape index (κ3) is 4.44. The molecule has 1 aromatic heterocycles. The van der Waals surface area contributed by atoms with Crippen LogP contribution in [-0.2, 0) is 4.79 Å². The first-order valence-electron chi connectivity index (χ1n) is 9.07. The summed E-state index contributed by atoms with van der Waals surface area (Å²) in [5.41, 5.74) is 1.11. The predicted molar refractivity (Wildman–Crippen MR) is 116 cm³/mol. The molecule has 1 heterocycles. The van der Waals surface area contributed by atoms with Crippen LogP contribution < -0.4 is 15.4 Å². The van der Waals surface area contributed by atoms with E-state index in [1.54, 1.807) is 17.5 Å². The number of fused-ring (bicyclic) bond motifs is 1. The van der Waals surface area contributed by atoms with E-state index in [4.69, 9.17) is 4.74 Å². The van der Waals surface area contributed by atoms with Gasteiger partial charge in [-0.15, -0.1) is 11.3 Å². The Kier molecular flexibility index (Phi) is 5.54. The van der Waals surface area contributed by atoms with Gasteiger partial charge in [-0.2, -0.15) is 0 Å². The van der Waals surface area contributed by atoms with E-state index in [1.165, 1.54) is 11.3 Å². The monoisotopic (exact) mass is 402 g/mol. The summed E-state index contributed by atoms with van der Waals surface area (Å²) in [5.74, 6) is 0.600. The first kappa shape index (κ1) is 18.7. The molecule has 0 atom stereocenters. The molecule has 4 rings (SSSR count). The highest BCUT2D eigenvalue weighted by molar-refractivity contribution is 7.17. The number of carbonyl (C=O) groups excluding carboxylic acids is 2. The summed E-state index contributed by atoms with van der Waals surface area (Å²) in [5, 5.41) is 8.17. The molecule has 144 valence electrons. The van der Waals surface area contributed by atoms with E-state index in [0.29, 0.717) is 22.7 Å². The summed E-state index contributed by atoms with van der Waals surface area (Å²) in [6.45, 7) is -0.136. The van der Waals surface area contributed by atoms with Gasteiger partial charge in [-0.25, -0.2) is 0 Å². The molecule has 0 saturated heterocycles. The number of ether oxygens (including phenoxy) is 1. The lowest BCUT2D eigenvalue weighted by atomic mass is 10.1. The average Bonchev–Trinajstić information content (AvgIpc) is 3.18. The van der Waals surface area contributed by atoms with Crippen LogP contribution in [0.4, 0.5) is 5.69 Å². The molecule has 0 spiro atoms. The molecule has 0 fully saturated rings. The van der Waals surface area contributed by atoms with Gasteiger partial charge in [0.05, 0.1) is 17.8 Å². The highest BCUT2D eigenvalue weighted by Gasteiger charge is 2.14. The fourth-order valence-corrected chi connectivity index (χ4v) is 3.82. The number of para-hydroxylation sites is 3. The van der Waals surface area contributed by atoms with E-state index < -0.39 is 0 Å². The fraction of sp³-hybridized carbons (Fsp3) is 0.0435. The molecule has 0 aliphatic carbocycles. The SMILES string of the molecule is O=C(CNC(=O)c1csc2ccccc12)Nc1ccccc1Oc1ccccc1. The Hall–Kier alpha value is -3.64. The van der Waals surface area contributed by atoms with Gasteiger partial charge in [0.15, 0.2) is 5.75 Å². The quantitative estimate of drug-likeness (QED) is 0.474. The number of amides is 2. The number of rotatable bonds is 6. The summed E-state index contributed by atoms with van der Waals surface area (Å²) in [7, 11) is 0. The molecule has 4 aromatic rings. The lowest BCUT2D eigenvalue weighted by Gasteiger charge is -2.12. The molecule has 5 nitrogen and oxygen atoms in total. The maximum absolute atomic E-state index is 12.5. The minimum atomic E-state index is -0.331. The molecule has 0 bridgehead atoms. The minimum Gasteiger partial charge on any atom is -0.455 e. The van der Waals surface area contributed by atoms with Gasteiger partial charge in [-0.1, -0.05) is 48.5 Å². The fourth-order valence-electron chi connectivity index (χ4n) is 2.88. The van der Waals surface area contributed by atoms with Gasteiger partial charge in [0.1, 0.15) is 5.75 Å². The number of anilines is 1. The number of carbonyl (C=O) groups is 2. The van der Waals surface area contributed by atoms with Gasteiger partial charge in [0.2, 0.25) is 5.91 Å². The smallest absolute Gasteiger partial charge is 0.253 e. The zero-order valence-electron chi connectivity index (χ0n) is 15.4. The van der Waals surface area contributed by atoms with E-state index in [-0.39, 0.29) is 18.4 Å². The van der Waals surface area contributed by atoms with Crippen LogP contribution in [0.2, 0.25) is 0 Å². The van der Waals surface area contributed by atoms with Gasteiger partial charge >= 0.3 is 0 Å². The molecular weight excluding hydrogens is 384 g/mol. The molecule has 29 heavy (non-hydrogen) atoms. The Bertz CT molecular complexity index is 1150. The van der Waals surface area contributed by atoms with Crippen molar-refractivity contribution >= 4 is 38.9 Å². The average molecular weight is 402 g/mol. The van der Waals surface area contributed by atoms with E-state index >= 15 is 0 Å². The lowest BCUT2D eigenvalue weighted by molar-refractivity contribution is -0.115. The topological polar surface area (TPSA) is 67.4 Å². The molecule has 3 aromatic carbocycles. The van der Waals surface area contributed by atoms with Crippen LogP contribution in [0.3, 0.4) is 0 Å². The van der Waals surface area contributed by atoms with Crippen molar-refractivity contribution in [3.8, 4) is 11.5 Å². The second-order valence-electron chi connectivity index (χ2n) is 6.29. The second-order valence-corrected chi connectivity index (χ2v) is 7.20. The molecule has 0 radical (unpaired) electrons. The summed E-state index contributed by atoms with van der Waals surface area (Å²) in [6, 6.07) is 24.2. The van der Waals surface area contributed by atoms with E-state index in [1.807, 2.05) is 66.7 Å². The molecule has 6 heteroatoms. The van der Waals surface area contributed by atoms with Crippen molar-refractivity contribution in [2.24, 2.45) is 0 Å². The van der Waals surface area contributed by atoms with Crippen LogP contribution in [0.1, 0.15) is 10.4 Å². The zero-order chi connectivity index (χ0) is 20.1. The van der Waals surface area contributed by atoms with Gasteiger partial charge < -0.3 is 15.4 Å². The summed E-state index contributed by atoms with van der Waals surface area (Å²) in [6.07, 6.45) is 0. The van der Waals surface area contributed by atoms with Gasteiger partial charge in [-0.05, 0) is 30.3 Å². The van der Waals surface area contributed by atoms with E-state index in [2.05, 4.69) is 10.6 Å². The Morgan fingerprint density at radius 1 is 0.862 bits per heavy atom. The third-order valence-electron chi connectivity index (χ3n) is 4.27. The normalized spacial score (nSPS) is 10.5. The summed E-state index contributed by atoms with van der Waals surface area (Å²) < 4.78 is 6.88. The Morgan fingerprint density at radius 3 is 2.45 bits per heavy atom. The minimum absolute atomic E-state index is 0.136. The Balaban J connectivity index is 1.39. The third-order valence-corrected chi connectivity index (χ3v) is 5.23. The van der Waals surface area contributed by atoms with Crippen LogP contribution in [0, 0.1) is 0 Å². The first-order valence-corrected chi connectivity index (χ1v) is 9.95. The molecule has 0 saturated carbocycles. The van der Waals surface area contributed by atoms with Crippen molar-refractivity contribution in [2.45, 2.75) is 0 Å². The van der Waals surface area contributed by atoms with Crippen LogP contribution in [0.5, 0.6) is 11.5 Å². The number of benzene rings is 3. The Labute approximate surface area is 171 Å². The highest BCUT2D eigenvalue weighted by atomic mass is 32.1. The van der Waals surface area contributed by atoms with Gasteiger partial charge in [0, 0.05) is 15.5 Å². The van der Waals surface area contributed by atoms with Gasteiger partial charge in [0.25, 0.3) is 5.91 Å². The predicted octanol–water partition coefficient (Wildman–Crippen LogP) is 5.06. The van der Waals surface area contributed by atoms with Crippen LogP contribution >= 0.6 is 11.3 Å². The van der Waals surface area contributed by atoms with Crippen molar-refractivity contribution < 1.29 is 14.3 Å². The second kappa shape index (κ2) is 8.58. The van der Waals surface area contributed by atoms with Crippen molar-refractivity contribution in [3.05, 3.63) is 89.8 Å². The summed E-state index contributed by atoms with van der Waals surface area (Å²) in [4.78, 5) is 24.9. The molecule has 2 N–H and O–H groups in total. The molecule has 2 amide bonds. The number of thiophene rings is 1. The highest BCUT2D eigenvalue weighted by Crippen LogP contribution is 2.29. The largest absolute Gasteiger partial charge is 0.455 e. The molecule has 0 aliphatic heterocycles. The number of hydrogen-bond acceptors (Lipinski definition) is 4. The van der Waals surface area contributed by atoms with Crippen molar-refractivity contribution in [2.75, 3.05) is 11.9 Å². The Morgan fingerprint density at radius 2 is 1.59 bits per heavy atom.